The second kappa shape index (κ2) is 9.55. The van der Waals surface area contributed by atoms with Crippen LogP contribution in [0, 0.1) is 0 Å². The van der Waals surface area contributed by atoms with Gasteiger partial charge in [0.25, 0.3) is 0 Å². The first kappa shape index (κ1) is 18.6. The van der Waals surface area contributed by atoms with Gasteiger partial charge in [-0.05, 0) is 33.6 Å². The van der Waals surface area contributed by atoms with Crippen molar-refractivity contribution in [3.63, 3.8) is 0 Å². The number of Topliss-reactive ketones (excluding diaryl/α,β-unsaturated/α-hetero) is 2. The first-order valence-electron chi connectivity index (χ1n) is 8.65. The molecule has 1 rings (SSSR count). The molecule has 2 heteroatoms. The lowest BCUT2D eigenvalue weighted by molar-refractivity contribution is -0.116. The predicted molar refractivity (Wildman–Crippen MR) is 92.8 cm³/mol. The maximum atomic E-state index is 12.2. The van der Waals surface area contributed by atoms with Crippen LogP contribution in [-0.4, -0.2) is 11.6 Å². The summed E-state index contributed by atoms with van der Waals surface area (Å²) in [4.78, 5) is 24.3. The third-order valence-electron chi connectivity index (χ3n) is 4.49. The molecular formula is C20H30O2. The van der Waals surface area contributed by atoms with Gasteiger partial charge in [0, 0.05) is 22.3 Å². The summed E-state index contributed by atoms with van der Waals surface area (Å²) in [7, 11) is 0. The summed E-state index contributed by atoms with van der Waals surface area (Å²) in [5.41, 5.74) is 2.35. The molecule has 0 aromatic heterocycles. The molecule has 0 aromatic carbocycles. The van der Waals surface area contributed by atoms with Crippen LogP contribution in [0.2, 0.25) is 0 Å². The Balaban J connectivity index is 2.40. The highest BCUT2D eigenvalue weighted by molar-refractivity contribution is 6.25. The summed E-state index contributed by atoms with van der Waals surface area (Å²) >= 11 is 0. The number of hydrogen-bond acceptors (Lipinski definition) is 2. The van der Waals surface area contributed by atoms with Gasteiger partial charge in [0.2, 0.25) is 0 Å². The van der Waals surface area contributed by atoms with Crippen molar-refractivity contribution in [1.82, 2.24) is 0 Å². The molecule has 1 aliphatic rings. The normalized spacial score (nSPS) is 16.4. The number of rotatable bonds is 9. The molecule has 0 aromatic rings. The third-order valence-corrected chi connectivity index (χ3v) is 4.49. The van der Waals surface area contributed by atoms with Crippen LogP contribution in [-0.2, 0) is 9.59 Å². The highest BCUT2D eigenvalue weighted by Gasteiger charge is 2.25. The fraction of sp³-hybridized carbons (Fsp3) is 0.600. The Labute approximate surface area is 135 Å². The maximum absolute atomic E-state index is 12.2. The Morgan fingerprint density at radius 2 is 1.27 bits per heavy atom. The van der Waals surface area contributed by atoms with Crippen molar-refractivity contribution in [2.24, 2.45) is 0 Å². The zero-order valence-corrected chi connectivity index (χ0v) is 14.6. The van der Waals surface area contributed by atoms with Crippen molar-refractivity contribution in [1.29, 1.82) is 0 Å². The van der Waals surface area contributed by atoms with Gasteiger partial charge in [0.05, 0.1) is 0 Å². The molecule has 2 nitrogen and oxygen atoms in total. The summed E-state index contributed by atoms with van der Waals surface area (Å²) < 4.78 is 0. The van der Waals surface area contributed by atoms with Gasteiger partial charge in [-0.2, -0.15) is 0 Å². The molecule has 0 saturated carbocycles. The van der Waals surface area contributed by atoms with Crippen LogP contribution >= 0.6 is 0 Å². The van der Waals surface area contributed by atoms with Crippen LogP contribution in [0.1, 0.15) is 79.1 Å². The largest absolute Gasteiger partial charge is 0.289 e. The van der Waals surface area contributed by atoms with E-state index in [0.29, 0.717) is 22.3 Å². The van der Waals surface area contributed by atoms with Crippen molar-refractivity contribution in [3.8, 4) is 0 Å². The van der Waals surface area contributed by atoms with E-state index < -0.39 is 0 Å². The van der Waals surface area contributed by atoms with E-state index in [0.717, 1.165) is 12.8 Å². The first-order chi connectivity index (χ1) is 10.5. The van der Waals surface area contributed by atoms with Crippen LogP contribution in [0.5, 0.6) is 0 Å². The van der Waals surface area contributed by atoms with E-state index in [1.807, 2.05) is 12.2 Å². The molecule has 0 atom stereocenters. The second-order valence-corrected chi connectivity index (χ2v) is 6.26. The van der Waals surface area contributed by atoms with Gasteiger partial charge in [-0.3, -0.25) is 9.59 Å². The summed E-state index contributed by atoms with van der Waals surface area (Å²) in [5.74, 6) is 0.0121. The van der Waals surface area contributed by atoms with Crippen LogP contribution in [0.4, 0.5) is 0 Å². The lowest BCUT2D eigenvalue weighted by atomic mass is 9.86. The van der Waals surface area contributed by atoms with E-state index in [1.165, 1.54) is 38.5 Å². The Kier molecular flexibility index (Phi) is 8.08. The summed E-state index contributed by atoms with van der Waals surface area (Å²) in [6.07, 6.45) is 13.9. The van der Waals surface area contributed by atoms with E-state index >= 15 is 0 Å². The van der Waals surface area contributed by atoms with Crippen molar-refractivity contribution in [2.45, 2.75) is 79.1 Å². The number of hydrogen-bond donors (Lipinski definition) is 0. The smallest absolute Gasteiger partial charge is 0.189 e. The summed E-state index contributed by atoms with van der Waals surface area (Å²) in [6.45, 7) is 7.46. The van der Waals surface area contributed by atoms with Crippen molar-refractivity contribution < 1.29 is 9.59 Å². The third kappa shape index (κ3) is 5.08. The molecule has 0 aliphatic heterocycles. The Morgan fingerprint density at radius 1 is 0.727 bits per heavy atom. The molecule has 0 N–H and O–H groups in total. The molecule has 0 heterocycles. The van der Waals surface area contributed by atoms with E-state index in [-0.39, 0.29) is 11.6 Å². The van der Waals surface area contributed by atoms with Crippen LogP contribution in [0.3, 0.4) is 0 Å². The summed E-state index contributed by atoms with van der Waals surface area (Å²) in [5, 5.41) is 0. The van der Waals surface area contributed by atoms with Crippen molar-refractivity contribution in [3.05, 3.63) is 34.4 Å². The minimum absolute atomic E-state index is 0.00501. The first-order valence-corrected chi connectivity index (χ1v) is 8.65. The molecule has 0 bridgehead atoms. The van der Waals surface area contributed by atoms with Crippen molar-refractivity contribution in [2.75, 3.05) is 0 Å². The Hall–Kier alpha value is -1.44. The Morgan fingerprint density at radius 3 is 1.91 bits per heavy atom. The molecule has 1 aliphatic carbocycles. The molecule has 0 amide bonds. The number of carbonyl (C=O) groups excluding carboxylic acids is 2. The second-order valence-electron chi connectivity index (χ2n) is 6.26. The molecule has 0 radical (unpaired) electrons. The van der Waals surface area contributed by atoms with Gasteiger partial charge in [0.15, 0.2) is 11.6 Å². The molecule has 0 spiro atoms. The number of carbonyl (C=O) groups is 2. The zero-order valence-electron chi connectivity index (χ0n) is 14.6. The van der Waals surface area contributed by atoms with E-state index in [2.05, 4.69) is 6.92 Å². The van der Waals surface area contributed by atoms with Gasteiger partial charge < -0.3 is 0 Å². The number of ketones is 2. The zero-order chi connectivity index (χ0) is 16.5. The van der Waals surface area contributed by atoms with Gasteiger partial charge in [-0.15, -0.1) is 0 Å². The average Bonchev–Trinajstić information content (AvgIpc) is 2.52. The Bertz CT molecular complexity index is 504. The van der Waals surface area contributed by atoms with Crippen molar-refractivity contribution >= 4 is 11.6 Å². The molecule has 0 saturated heterocycles. The van der Waals surface area contributed by atoms with Gasteiger partial charge >= 0.3 is 0 Å². The number of unbranched alkanes of at least 4 members (excludes halogenated alkanes) is 7. The molecular weight excluding hydrogens is 272 g/mol. The minimum Gasteiger partial charge on any atom is -0.289 e. The van der Waals surface area contributed by atoms with E-state index in [9.17, 15) is 9.59 Å². The van der Waals surface area contributed by atoms with E-state index in [1.54, 1.807) is 20.8 Å². The molecule has 0 fully saturated rings. The molecule has 0 unspecified atom stereocenters. The highest BCUT2D eigenvalue weighted by atomic mass is 16.1. The quantitative estimate of drug-likeness (QED) is 0.417. The van der Waals surface area contributed by atoms with E-state index in [4.69, 9.17) is 0 Å². The highest BCUT2D eigenvalue weighted by Crippen LogP contribution is 2.25. The van der Waals surface area contributed by atoms with Crippen LogP contribution in [0.25, 0.3) is 0 Å². The summed E-state index contributed by atoms with van der Waals surface area (Å²) in [6, 6.07) is 0. The standard InChI is InChI=1S/C20H30O2/c1-5-6-7-8-9-10-11-12-13-14-18-17(4)19(21)15(2)16(3)20(18)22/h13-14H,5-12H2,1-4H3/b14-13+. The molecule has 122 valence electrons. The average molecular weight is 302 g/mol. The van der Waals surface area contributed by atoms with Crippen LogP contribution < -0.4 is 0 Å². The lowest BCUT2D eigenvalue weighted by Gasteiger charge is -2.16. The topological polar surface area (TPSA) is 34.1 Å². The lowest BCUT2D eigenvalue weighted by Crippen LogP contribution is -2.19. The molecule has 22 heavy (non-hydrogen) atoms. The fourth-order valence-electron chi connectivity index (χ4n) is 2.74. The monoisotopic (exact) mass is 302 g/mol. The van der Waals surface area contributed by atoms with Crippen LogP contribution in [0.15, 0.2) is 34.4 Å². The van der Waals surface area contributed by atoms with Gasteiger partial charge in [-0.25, -0.2) is 0 Å². The maximum Gasteiger partial charge on any atom is 0.189 e. The fourth-order valence-corrected chi connectivity index (χ4v) is 2.74. The van der Waals surface area contributed by atoms with Gasteiger partial charge in [-0.1, -0.05) is 57.6 Å². The number of allylic oxidation sites excluding steroid dienone is 6. The predicted octanol–water partition coefficient (Wildman–Crippen LogP) is 5.49. The minimum atomic E-state index is 0.00501. The van der Waals surface area contributed by atoms with Gasteiger partial charge in [0.1, 0.15) is 0 Å². The SMILES string of the molecule is CCCCCCCCC/C=C/C1=C(C)C(=O)C(C)=C(C)C1=O.